The van der Waals surface area contributed by atoms with Gasteiger partial charge in [0.25, 0.3) is 10.0 Å². The maximum Gasteiger partial charge on any atom is 0.272 e. The molecule has 2 aromatic carbocycles. The average molecular weight is 481 g/mol. The van der Waals surface area contributed by atoms with E-state index in [1.54, 1.807) is 10.7 Å². The summed E-state index contributed by atoms with van der Waals surface area (Å²) >= 11 is 0. The summed E-state index contributed by atoms with van der Waals surface area (Å²) in [6, 6.07) is 8.38. The molecule has 1 aliphatic heterocycles. The summed E-state index contributed by atoms with van der Waals surface area (Å²) in [4.78, 5) is -1.19. The highest BCUT2D eigenvalue weighted by atomic mass is 32.2. The Hall–Kier alpha value is -2.89. The minimum Gasteiger partial charge on any atom is -0.363 e. The van der Waals surface area contributed by atoms with Gasteiger partial charge in [0.2, 0.25) is 0 Å². The smallest absolute Gasteiger partial charge is 0.272 e. The van der Waals surface area contributed by atoms with E-state index >= 15 is 4.39 Å². The molecule has 3 aromatic rings. The van der Waals surface area contributed by atoms with Crippen LogP contribution in [0.1, 0.15) is 25.5 Å². The Morgan fingerprint density at radius 3 is 2.52 bits per heavy atom. The normalized spacial score (nSPS) is 16.7. The number of hydrogen-bond acceptors (Lipinski definition) is 5. The molecule has 0 aliphatic carbocycles. The summed E-state index contributed by atoms with van der Waals surface area (Å²) in [7, 11) is -3.65. The molecular formula is C22H22F3N3O4S. The second-order valence-corrected chi connectivity index (χ2v) is 9.24. The van der Waals surface area contributed by atoms with Crippen molar-refractivity contribution in [2.75, 3.05) is 24.8 Å². The lowest BCUT2D eigenvalue weighted by Crippen LogP contribution is -2.35. The Balaban J connectivity index is 1.81. The minimum atomic E-state index is -4.85. The van der Waals surface area contributed by atoms with Crippen molar-refractivity contribution in [3.63, 3.8) is 0 Å². The van der Waals surface area contributed by atoms with E-state index in [1.807, 2.05) is 0 Å². The molecule has 1 aliphatic rings. The molecule has 1 atom stereocenters. The number of methoxy groups -OCH3 is 1. The second kappa shape index (κ2) is 9.54. The third kappa shape index (κ3) is 4.35. The maximum absolute atomic E-state index is 15.8. The van der Waals surface area contributed by atoms with Gasteiger partial charge >= 0.3 is 0 Å². The standard InChI is InChI=1S/C22H22F3N3O4S/c1-31-14-27(33(29,30)22-16(23)7-5-8-17(22)24)19-9-4-6-15(21(19)25)18-11-12-26-28(18)20-10-2-3-13-32-20/h4-9,11-12,20H,2-3,10,13-14H2,1H3. The van der Waals surface area contributed by atoms with Gasteiger partial charge in [-0.15, -0.1) is 0 Å². The average Bonchev–Trinajstić information content (AvgIpc) is 3.28. The van der Waals surface area contributed by atoms with Gasteiger partial charge in [-0.25, -0.2) is 30.6 Å². The zero-order chi connectivity index (χ0) is 23.6. The van der Waals surface area contributed by atoms with Crippen LogP contribution in [0.5, 0.6) is 0 Å². The van der Waals surface area contributed by atoms with Crippen LogP contribution in [-0.4, -0.2) is 38.6 Å². The lowest BCUT2D eigenvalue weighted by Gasteiger charge is -2.26. The fourth-order valence-electron chi connectivity index (χ4n) is 3.81. The molecular weight excluding hydrogens is 459 g/mol. The van der Waals surface area contributed by atoms with Crippen molar-refractivity contribution < 1.29 is 31.1 Å². The van der Waals surface area contributed by atoms with Crippen molar-refractivity contribution in [1.82, 2.24) is 9.78 Å². The van der Waals surface area contributed by atoms with Crippen LogP contribution < -0.4 is 4.31 Å². The Morgan fingerprint density at radius 2 is 1.85 bits per heavy atom. The van der Waals surface area contributed by atoms with Gasteiger partial charge in [-0.2, -0.15) is 5.10 Å². The monoisotopic (exact) mass is 481 g/mol. The van der Waals surface area contributed by atoms with E-state index in [-0.39, 0.29) is 11.8 Å². The van der Waals surface area contributed by atoms with E-state index < -0.39 is 44.8 Å². The van der Waals surface area contributed by atoms with Crippen molar-refractivity contribution in [1.29, 1.82) is 0 Å². The van der Waals surface area contributed by atoms with Gasteiger partial charge in [-0.3, -0.25) is 0 Å². The molecule has 0 saturated carbocycles. The Labute approximate surface area is 189 Å². The fraction of sp³-hybridized carbons (Fsp3) is 0.318. The number of sulfonamides is 1. The van der Waals surface area contributed by atoms with Crippen LogP contribution in [0, 0.1) is 17.5 Å². The molecule has 1 unspecified atom stereocenters. The lowest BCUT2D eigenvalue weighted by atomic mass is 10.1. The number of hydrogen-bond donors (Lipinski definition) is 0. The topological polar surface area (TPSA) is 73.7 Å². The molecule has 0 bridgehead atoms. The van der Waals surface area contributed by atoms with Gasteiger partial charge in [0.15, 0.2) is 16.9 Å². The van der Waals surface area contributed by atoms with Crippen molar-refractivity contribution in [3.05, 3.63) is 66.1 Å². The summed E-state index contributed by atoms with van der Waals surface area (Å²) in [5.41, 5.74) is 0.0203. The van der Waals surface area contributed by atoms with Gasteiger partial charge in [-0.05, 0) is 49.6 Å². The van der Waals surface area contributed by atoms with Gasteiger partial charge in [0.1, 0.15) is 18.4 Å². The van der Waals surface area contributed by atoms with Gasteiger partial charge < -0.3 is 9.47 Å². The van der Waals surface area contributed by atoms with Crippen LogP contribution in [-0.2, 0) is 19.5 Å². The van der Waals surface area contributed by atoms with E-state index in [4.69, 9.17) is 9.47 Å². The Morgan fingerprint density at radius 1 is 1.12 bits per heavy atom. The molecule has 4 rings (SSSR count). The summed E-state index contributed by atoms with van der Waals surface area (Å²) in [6.07, 6.45) is 3.68. The van der Waals surface area contributed by atoms with Crippen molar-refractivity contribution in [2.45, 2.75) is 30.4 Å². The first-order chi connectivity index (χ1) is 15.9. The zero-order valence-electron chi connectivity index (χ0n) is 17.7. The first kappa shape index (κ1) is 23.3. The molecule has 176 valence electrons. The van der Waals surface area contributed by atoms with Crippen LogP contribution >= 0.6 is 0 Å². The highest BCUT2D eigenvalue weighted by molar-refractivity contribution is 7.92. The lowest BCUT2D eigenvalue weighted by molar-refractivity contribution is -0.0383. The van der Waals surface area contributed by atoms with Gasteiger partial charge in [0, 0.05) is 25.5 Å². The fourth-order valence-corrected chi connectivity index (χ4v) is 5.30. The third-order valence-corrected chi connectivity index (χ3v) is 7.12. The highest BCUT2D eigenvalue weighted by Crippen LogP contribution is 2.35. The number of aromatic nitrogens is 2. The van der Waals surface area contributed by atoms with Crippen LogP contribution in [0.3, 0.4) is 0 Å². The quantitative estimate of drug-likeness (QED) is 0.466. The van der Waals surface area contributed by atoms with E-state index in [0.717, 1.165) is 31.0 Å². The summed E-state index contributed by atoms with van der Waals surface area (Å²) < 4.78 is 83.5. The number of nitrogens with zero attached hydrogens (tertiary/aromatic N) is 3. The molecule has 2 heterocycles. The number of ether oxygens (including phenoxy) is 2. The number of rotatable bonds is 7. The molecule has 0 radical (unpaired) electrons. The first-order valence-corrected chi connectivity index (χ1v) is 11.7. The van der Waals surface area contributed by atoms with Crippen molar-refractivity contribution >= 4 is 15.7 Å². The maximum atomic E-state index is 15.8. The number of anilines is 1. The number of halogens is 3. The molecule has 0 N–H and O–H groups in total. The molecule has 1 saturated heterocycles. The van der Waals surface area contributed by atoms with Crippen LogP contribution in [0.25, 0.3) is 11.3 Å². The minimum absolute atomic E-state index is 0.0597. The van der Waals surface area contributed by atoms with Crippen molar-refractivity contribution in [2.24, 2.45) is 0 Å². The third-order valence-electron chi connectivity index (χ3n) is 5.34. The van der Waals surface area contributed by atoms with Gasteiger partial charge in [-0.1, -0.05) is 12.1 Å². The van der Waals surface area contributed by atoms with Gasteiger partial charge in [0.05, 0.1) is 11.4 Å². The van der Waals surface area contributed by atoms with Crippen molar-refractivity contribution in [3.8, 4) is 11.3 Å². The molecule has 7 nitrogen and oxygen atoms in total. The van der Waals surface area contributed by atoms with E-state index in [1.165, 1.54) is 31.5 Å². The molecule has 0 spiro atoms. The highest BCUT2D eigenvalue weighted by Gasteiger charge is 2.33. The summed E-state index contributed by atoms with van der Waals surface area (Å²) in [5.74, 6) is -3.49. The largest absolute Gasteiger partial charge is 0.363 e. The number of benzene rings is 2. The molecule has 11 heteroatoms. The first-order valence-electron chi connectivity index (χ1n) is 10.3. The second-order valence-electron chi connectivity index (χ2n) is 7.44. The van der Waals surface area contributed by atoms with Crippen LogP contribution in [0.2, 0.25) is 0 Å². The predicted molar refractivity (Wildman–Crippen MR) is 114 cm³/mol. The van der Waals surface area contributed by atoms with E-state index in [2.05, 4.69) is 5.10 Å². The molecule has 1 fully saturated rings. The molecule has 0 amide bonds. The predicted octanol–water partition coefficient (Wildman–Crippen LogP) is 4.47. The SMILES string of the molecule is COCN(c1cccc(-c2ccnn2C2CCCCO2)c1F)S(=O)(=O)c1c(F)cccc1F. The molecule has 33 heavy (non-hydrogen) atoms. The van der Waals surface area contributed by atoms with Crippen LogP contribution in [0.4, 0.5) is 18.9 Å². The Kier molecular flexibility index (Phi) is 6.73. The summed E-state index contributed by atoms with van der Waals surface area (Å²) in [5, 5.41) is 4.26. The Bertz CT molecular complexity index is 1220. The van der Waals surface area contributed by atoms with Crippen LogP contribution in [0.15, 0.2) is 53.6 Å². The van der Waals surface area contributed by atoms with E-state index in [9.17, 15) is 17.2 Å². The molecule has 1 aromatic heterocycles. The van der Waals surface area contributed by atoms with E-state index in [0.29, 0.717) is 23.0 Å². The zero-order valence-corrected chi connectivity index (χ0v) is 18.6. The summed E-state index contributed by atoms with van der Waals surface area (Å²) in [6.45, 7) is -0.109.